The first kappa shape index (κ1) is 23.6. The lowest BCUT2D eigenvalue weighted by Gasteiger charge is -2.28. The summed E-state index contributed by atoms with van der Waals surface area (Å²) in [4.78, 5) is 0. The zero-order valence-electron chi connectivity index (χ0n) is 18.4. The molecule has 0 radical (unpaired) electrons. The van der Waals surface area contributed by atoms with Gasteiger partial charge in [-0.25, -0.2) is 0 Å². The Labute approximate surface area is 194 Å². The van der Waals surface area contributed by atoms with E-state index in [1.807, 2.05) is 91.0 Å². The molecule has 0 spiro atoms. The summed E-state index contributed by atoms with van der Waals surface area (Å²) >= 11 is 0. The van der Waals surface area contributed by atoms with Gasteiger partial charge in [0, 0.05) is 0 Å². The molecule has 1 aliphatic heterocycles. The Morgan fingerprint density at radius 2 is 1.21 bits per heavy atom. The van der Waals surface area contributed by atoms with Crippen LogP contribution in [0.1, 0.15) is 16.7 Å². The third-order valence-electron chi connectivity index (χ3n) is 5.60. The quantitative estimate of drug-likeness (QED) is 0.466. The zero-order valence-corrected chi connectivity index (χ0v) is 18.4. The smallest absolute Gasteiger partial charge is 0.184 e. The van der Waals surface area contributed by atoms with Gasteiger partial charge in [0.1, 0.15) is 24.4 Å². The van der Waals surface area contributed by atoms with Crippen LogP contribution in [-0.2, 0) is 38.8 Å². The largest absolute Gasteiger partial charge is 0.385 e. The Morgan fingerprint density at radius 1 is 0.697 bits per heavy atom. The molecule has 3 aromatic rings. The molecule has 1 aliphatic rings. The second-order valence-corrected chi connectivity index (χ2v) is 8.08. The maximum Gasteiger partial charge on any atom is 0.184 e. The fraction of sp³-hybridized carbons (Fsp3) is 0.333. The first-order valence-electron chi connectivity index (χ1n) is 11.1. The van der Waals surface area contributed by atoms with Crippen LogP contribution >= 0.6 is 0 Å². The fourth-order valence-electron chi connectivity index (χ4n) is 3.82. The highest BCUT2D eigenvalue weighted by molar-refractivity contribution is 5.15. The van der Waals surface area contributed by atoms with Crippen molar-refractivity contribution in [3.8, 4) is 0 Å². The summed E-state index contributed by atoms with van der Waals surface area (Å²) in [5, 5.41) is 20.8. The summed E-state index contributed by atoms with van der Waals surface area (Å²) < 4.78 is 23.8. The number of aliphatic hydroxyl groups excluding tert-OH is 2. The lowest BCUT2D eigenvalue weighted by Crippen LogP contribution is -2.44. The van der Waals surface area contributed by atoms with Gasteiger partial charge < -0.3 is 29.2 Å². The second kappa shape index (κ2) is 12.0. The average molecular weight is 451 g/mol. The van der Waals surface area contributed by atoms with E-state index in [0.29, 0.717) is 13.2 Å². The number of hydrogen-bond acceptors (Lipinski definition) is 6. The van der Waals surface area contributed by atoms with Crippen LogP contribution in [0.5, 0.6) is 0 Å². The molecule has 0 amide bonds. The highest BCUT2D eigenvalue weighted by Crippen LogP contribution is 2.28. The van der Waals surface area contributed by atoms with Crippen molar-refractivity contribution in [3.63, 3.8) is 0 Å². The summed E-state index contributed by atoms with van der Waals surface area (Å²) in [6, 6.07) is 29.3. The van der Waals surface area contributed by atoms with Crippen molar-refractivity contribution in [3.05, 3.63) is 108 Å². The van der Waals surface area contributed by atoms with E-state index in [0.717, 1.165) is 16.7 Å². The van der Waals surface area contributed by atoms with Crippen molar-refractivity contribution < 1.29 is 29.2 Å². The molecule has 0 aromatic heterocycles. The first-order valence-corrected chi connectivity index (χ1v) is 11.1. The molecular formula is C27H30O6. The topological polar surface area (TPSA) is 77.4 Å². The van der Waals surface area contributed by atoms with Gasteiger partial charge in [0.2, 0.25) is 0 Å². The standard InChI is InChI=1S/C27H30O6/c28-24-26(32-18-22-14-8-3-9-15-22)25(33-27(24)29)23(31-17-21-12-6-2-7-13-21)19-30-16-20-10-4-1-5-11-20/h1-15,23-29H,16-19H2/t23-,24-,25-,26-,27?/m1/s1. The van der Waals surface area contributed by atoms with E-state index in [2.05, 4.69) is 0 Å². The summed E-state index contributed by atoms with van der Waals surface area (Å²) in [6.45, 7) is 1.26. The second-order valence-electron chi connectivity index (χ2n) is 8.08. The van der Waals surface area contributed by atoms with E-state index < -0.39 is 30.7 Å². The van der Waals surface area contributed by atoms with Gasteiger partial charge in [-0.1, -0.05) is 91.0 Å². The molecular weight excluding hydrogens is 420 g/mol. The molecule has 0 saturated carbocycles. The van der Waals surface area contributed by atoms with E-state index in [1.165, 1.54) is 0 Å². The molecule has 0 bridgehead atoms. The van der Waals surface area contributed by atoms with E-state index in [4.69, 9.17) is 18.9 Å². The van der Waals surface area contributed by atoms with Crippen LogP contribution in [0, 0.1) is 0 Å². The molecule has 1 saturated heterocycles. The molecule has 1 unspecified atom stereocenters. The van der Waals surface area contributed by atoms with Crippen molar-refractivity contribution >= 4 is 0 Å². The molecule has 5 atom stereocenters. The van der Waals surface area contributed by atoms with Crippen LogP contribution in [0.3, 0.4) is 0 Å². The third-order valence-corrected chi connectivity index (χ3v) is 5.60. The maximum absolute atomic E-state index is 10.5. The van der Waals surface area contributed by atoms with Crippen molar-refractivity contribution in [1.29, 1.82) is 0 Å². The molecule has 2 N–H and O–H groups in total. The molecule has 3 aromatic carbocycles. The third kappa shape index (κ3) is 6.71. The van der Waals surface area contributed by atoms with Gasteiger partial charge in [0.05, 0.1) is 26.4 Å². The van der Waals surface area contributed by atoms with Crippen LogP contribution in [0.4, 0.5) is 0 Å². The van der Waals surface area contributed by atoms with Gasteiger partial charge in [-0.05, 0) is 16.7 Å². The minimum Gasteiger partial charge on any atom is -0.385 e. The molecule has 6 nitrogen and oxygen atoms in total. The van der Waals surface area contributed by atoms with E-state index >= 15 is 0 Å². The average Bonchev–Trinajstić information content (AvgIpc) is 3.15. The summed E-state index contributed by atoms with van der Waals surface area (Å²) in [7, 11) is 0. The normalized spacial score (nSPS) is 23.5. The number of aliphatic hydroxyl groups is 2. The number of ether oxygens (including phenoxy) is 4. The van der Waals surface area contributed by atoms with Gasteiger partial charge in [-0.3, -0.25) is 0 Å². The van der Waals surface area contributed by atoms with E-state index in [9.17, 15) is 10.2 Å². The van der Waals surface area contributed by atoms with Crippen LogP contribution < -0.4 is 0 Å². The highest BCUT2D eigenvalue weighted by atomic mass is 16.7. The molecule has 1 fully saturated rings. The fourth-order valence-corrected chi connectivity index (χ4v) is 3.82. The van der Waals surface area contributed by atoms with Gasteiger partial charge in [-0.15, -0.1) is 0 Å². The Bertz CT molecular complexity index is 937. The van der Waals surface area contributed by atoms with Gasteiger partial charge >= 0.3 is 0 Å². The number of hydrogen-bond donors (Lipinski definition) is 2. The van der Waals surface area contributed by atoms with Crippen molar-refractivity contribution in [2.75, 3.05) is 6.61 Å². The zero-order chi connectivity index (χ0) is 22.9. The van der Waals surface area contributed by atoms with Crippen LogP contribution in [0.2, 0.25) is 0 Å². The Kier molecular flexibility index (Phi) is 8.60. The maximum atomic E-state index is 10.5. The van der Waals surface area contributed by atoms with Crippen molar-refractivity contribution in [2.45, 2.75) is 50.5 Å². The lowest BCUT2D eigenvalue weighted by molar-refractivity contribution is -0.170. The first-order chi connectivity index (χ1) is 16.2. The minimum absolute atomic E-state index is 0.219. The summed E-state index contributed by atoms with van der Waals surface area (Å²) in [5.74, 6) is 0. The monoisotopic (exact) mass is 450 g/mol. The summed E-state index contributed by atoms with van der Waals surface area (Å²) in [5.41, 5.74) is 3.02. The van der Waals surface area contributed by atoms with Crippen LogP contribution in [0.15, 0.2) is 91.0 Å². The van der Waals surface area contributed by atoms with Crippen LogP contribution in [0.25, 0.3) is 0 Å². The minimum atomic E-state index is -1.35. The Hall–Kier alpha value is -2.58. The Morgan fingerprint density at radius 3 is 1.79 bits per heavy atom. The SMILES string of the molecule is OC1O[C@H]([C@@H](COCc2ccccc2)OCc2ccccc2)[C@H](OCc2ccccc2)[C@H]1O. The van der Waals surface area contributed by atoms with E-state index in [-0.39, 0.29) is 13.2 Å². The molecule has 6 heteroatoms. The van der Waals surface area contributed by atoms with Crippen molar-refractivity contribution in [2.24, 2.45) is 0 Å². The van der Waals surface area contributed by atoms with Gasteiger partial charge in [0.25, 0.3) is 0 Å². The highest BCUT2D eigenvalue weighted by Gasteiger charge is 2.48. The van der Waals surface area contributed by atoms with Crippen LogP contribution in [-0.4, -0.2) is 47.5 Å². The molecule has 33 heavy (non-hydrogen) atoms. The van der Waals surface area contributed by atoms with Gasteiger partial charge in [-0.2, -0.15) is 0 Å². The number of benzene rings is 3. The number of rotatable bonds is 11. The van der Waals surface area contributed by atoms with E-state index in [1.54, 1.807) is 0 Å². The summed E-state index contributed by atoms with van der Waals surface area (Å²) in [6.07, 6.45) is -4.55. The van der Waals surface area contributed by atoms with Gasteiger partial charge in [0.15, 0.2) is 6.29 Å². The van der Waals surface area contributed by atoms with Crippen molar-refractivity contribution in [1.82, 2.24) is 0 Å². The molecule has 1 heterocycles. The molecule has 4 rings (SSSR count). The lowest BCUT2D eigenvalue weighted by atomic mass is 10.1. The Balaban J connectivity index is 1.44. The molecule has 174 valence electrons. The predicted octanol–water partition coefficient (Wildman–Crippen LogP) is 3.45. The predicted molar refractivity (Wildman–Crippen MR) is 123 cm³/mol. The molecule has 0 aliphatic carbocycles.